The summed E-state index contributed by atoms with van der Waals surface area (Å²) < 4.78 is 5.87. The molecule has 0 radical (unpaired) electrons. The first kappa shape index (κ1) is 15.4. The number of oxazole rings is 1. The van der Waals surface area contributed by atoms with Gasteiger partial charge in [0.05, 0.1) is 12.1 Å². The summed E-state index contributed by atoms with van der Waals surface area (Å²) >= 11 is 0. The van der Waals surface area contributed by atoms with Gasteiger partial charge in [0.15, 0.2) is 11.7 Å². The lowest BCUT2D eigenvalue weighted by atomic mass is 9.80. The van der Waals surface area contributed by atoms with E-state index in [4.69, 9.17) is 4.42 Å². The van der Waals surface area contributed by atoms with E-state index in [9.17, 15) is 4.79 Å². The number of amides is 1. The molecule has 2 saturated heterocycles. The number of nitrogens with zero attached hydrogens (tertiary/aromatic N) is 2. The smallest absolute Gasteiger partial charge is 0.224 e. The fourth-order valence-electron chi connectivity index (χ4n) is 3.84. The molecule has 1 aromatic heterocycles. The Bertz CT molecular complexity index is 698. The molecular formula is C19H23N3O2. The van der Waals surface area contributed by atoms with Crippen LogP contribution in [0, 0.1) is 11.8 Å². The third kappa shape index (κ3) is 3.22. The molecule has 5 nitrogen and oxygen atoms in total. The molecule has 1 N–H and O–H groups in total. The van der Waals surface area contributed by atoms with Gasteiger partial charge in [0.1, 0.15) is 0 Å². The topological polar surface area (TPSA) is 58.4 Å². The quantitative estimate of drug-likeness (QED) is 0.937. The van der Waals surface area contributed by atoms with Crippen LogP contribution in [0.15, 0.2) is 40.9 Å². The summed E-state index contributed by atoms with van der Waals surface area (Å²) in [5, 5.41) is 3.00. The summed E-state index contributed by atoms with van der Waals surface area (Å²) in [6.45, 7) is 3.67. The van der Waals surface area contributed by atoms with Gasteiger partial charge in [-0.25, -0.2) is 4.98 Å². The summed E-state index contributed by atoms with van der Waals surface area (Å²) in [5.41, 5.74) is 1.05. The zero-order chi connectivity index (χ0) is 16.4. The molecular weight excluding hydrogens is 302 g/mol. The highest BCUT2D eigenvalue weighted by Gasteiger charge is 2.36. The van der Waals surface area contributed by atoms with Crippen LogP contribution < -0.4 is 5.32 Å². The van der Waals surface area contributed by atoms with E-state index >= 15 is 0 Å². The maximum Gasteiger partial charge on any atom is 0.224 e. The third-order valence-electron chi connectivity index (χ3n) is 5.24. The van der Waals surface area contributed by atoms with Crippen LogP contribution >= 0.6 is 0 Å². The van der Waals surface area contributed by atoms with E-state index in [1.807, 2.05) is 30.3 Å². The van der Waals surface area contributed by atoms with Crippen LogP contribution in [-0.4, -0.2) is 42.0 Å². The fraction of sp³-hybridized carbons (Fsp3) is 0.474. The molecule has 0 saturated carbocycles. The van der Waals surface area contributed by atoms with Crippen molar-refractivity contribution in [1.29, 1.82) is 0 Å². The van der Waals surface area contributed by atoms with E-state index in [-0.39, 0.29) is 11.8 Å². The van der Waals surface area contributed by atoms with Crippen LogP contribution in [0.4, 0.5) is 0 Å². The molecule has 2 aliphatic heterocycles. The van der Waals surface area contributed by atoms with Gasteiger partial charge in [0, 0.05) is 31.6 Å². The highest BCUT2D eigenvalue weighted by atomic mass is 16.4. The van der Waals surface area contributed by atoms with E-state index in [0.717, 1.165) is 62.7 Å². The Balaban J connectivity index is 1.34. The number of nitrogens with one attached hydrogen (secondary N) is 1. The number of likely N-dealkylation sites (tertiary alicyclic amines) is 1. The van der Waals surface area contributed by atoms with Gasteiger partial charge in [-0.2, -0.15) is 0 Å². The van der Waals surface area contributed by atoms with Crippen LogP contribution in [0.5, 0.6) is 0 Å². The number of hydrogen-bond acceptors (Lipinski definition) is 4. The Hall–Kier alpha value is -2.14. The SMILES string of the molecule is O=C1NCC[C@@H]2CCN(CCc3ncc(-c4ccccc4)o3)C[C@H]12. The number of piperidine rings is 2. The van der Waals surface area contributed by atoms with Crippen LogP contribution in [0.3, 0.4) is 0 Å². The van der Waals surface area contributed by atoms with Crippen LogP contribution in [0.2, 0.25) is 0 Å². The first-order valence-corrected chi connectivity index (χ1v) is 8.80. The van der Waals surface area contributed by atoms with Crippen LogP contribution in [-0.2, 0) is 11.2 Å². The number of aromatic nitrogens is 1. The van der Waals surface area contributed by atoms with Crippen molar-refractivity contribution in [3.63, 3.8) is 0 Å². The van der Waals surface area contributed by atoms with Gasteiger partial charge >= 0.3 is 0 Å². The Morgan fingerprint density at radius 2 is 2.12 bits per heavy atom. The number of fused-ring (bicyclic) bond motifs is 1. The number of hydrogen-bond donors (Lipinski definition) is 1. The molecule has 24 heavy (non-hydrogen) atoms. The predicted molar refractivity (Wildman–Crippen MR) is 91.3 cm³/mol. The van der Waals surface area contributed by atoms with E-state index < -0.39 is 0 Å². The van der Waals surface area contributed by atoms with Crippen molar-refractivity contribution in [3.8, 4) is 11.3 Å². The molecule has 1 aromatic carbocycles. The van der Waals surface area contributed by atoms with E-state index in [1.165, 1.54) is 0 Å². The zero-order valence-electron chi connectivity index (χ0n) is 13.8. The molecule has 126 valence electrons. The Morgan fingerprint density at radius 3 is 3.00 bits per heavy atom. The summed E-state index contributed by atoms with van der Waals surface area (Å²) in [6, 6.07) is 10.0. The molecule has 5 heteroatoms. The molecule has 0 aliphatic carbocycles. The second-order valence-corrected chi connectivity index (χ2v) is 6.77. The van der Waals surface area contributed by atoms with Gasteiger partial charge in [0.2, 0.25) is 5.91 Å². The van der Waals surface area contributed by atoms with Gasteiger partial charge in [0.25, 0.3) is 0 Å². The number of rotatable bonds is 4. The molecule has 2 aliphatic rings. The standard InChI is InChI=1S/C19H23N3O2/c23-19-16-13-22(10-7-14(16)6-9-20-19)11-8-18-21-12-17(24-18)15-4-2-1-3-5-15/h1-5,12,14,16H,6-11,13H2,(H,20,23)/t14-,16+/m1/s1. The average molecular weight is 325 g/mol. The lowest BCUT2D eigenvalue weighted by molar-refractivity contribution is -0.131. The molecule has 4 rings (SSSR count). The van der Waals surface area contributed by atoms with E-state index in [0.29, 0.717) is 5.92 Å². The zero-order valence-corrected chi connectivity index (χ0v) is 13.8. The number of carbonyl (C=O) groups excluding carboxylic acids is 1. The van der Waals surface area contributed by atoms with Gasteiger partial charge in [-0.1, -0.05) is 30.3 Å². The molecule has 0 spiro atoms. The summed E-state index contributed by atoms with van der Waals surface area (Å²) in [5.74, 6) is 2.55. The predicted octanol–water partition coefficient (Wildman–Crippen LogP) is 2.34. The highest BCUT2D eigenvalue weighted by molar-refractivity contribution is 5.80. The molecule has 3 heterocycles. The minimum absolute atomic E-state index is 0.164. The maximum atomic E-state index is 12.0. The molecule has 2 aromatic rings. The van der Waals surface area contributed by atoms with Gasteiger partial charge in [-0.15, -0.1) is 0 Å². The molecule has 0 bridgehead atoms. The number of benzene rings is 1. The first-order valence-electron chi connectivity index (χ1n) is 8.80. The largest absolute Gasteiger partial charge is 0.441 e. The lowest BCUT2D eigenvalue weighted by Gasteiger charge is -2.40. The molecule has 0 unspecified atom stereocenters. The monoisotopic (exact) mass is 325 g/mol. The van der Waals surface area contributed by atoms with Gasteiger partial charge in [-0.05, 0) is 25.3 Å². The van der Waals surface area contributed by atoms with Crippen molar-refractivity contribution in [2.75, 3.05) is 26.2 Å². The summed E-state index contributed by atoms with van der Waals surface area (Å²) in [4.78, 5) is 18.8. The van der Waals surface area contributed by atoms with Crippen LogP contribution in [0.25, 0.3) is 11.3 Å². The van der Waals surface area contributed by atoms with Crippen molar-refractivity contribution in [3.05, 3.63) is 42.4 Å². The minimum Gasteiger partial charge on any atom is -0.441 e. The van der Waals surface area contributed by atoms with Gasteiger partial charge in [-0.3, -0.25) is 4.79 Å². The number of carbonyl (C=O) groups is 1. The van der Waals surface area contributed by atoms with E-state index in [1.54, 1.807) is 6.20 Å². The Labute approximate surface area is 142 Å². The minimum atomic E-state index is 0.164. The second-order valence-electron chi connectivity index (χ2n) is 6.77. The van der Waals surface area contributed by atoms with Crippen LogP contribution in [0.1, 0.15) is 18.7 Å². The van der Waals surface area contributed by atoms with Crippen molar-refractivity contribution >= 4 is 5.91 Å². The van der Waals surface area contributed by atoms with Crippen molar-refractivity contribution < 1.29 is 9.21 Å². The molecule has 1 amide bonds. The molecule has 2 atom stereocenters. The fourth-order valence-corrected chi connectivity index (χ4v) is 3.84. The van der Waals surface area contributed by atoms with Crippen molar-refractivity contribution in [2.45, 2.75) is 19.3 Å². The summed E-state index contributed by atoms with van der Waals surface area (Å²) in [7, 11) is 0. The molecule has 2 fully saturated rings. The van der Waals surface area contributed by atoms with E-state index in [2.05, 4.69) is 15.2 Å². The maximum absolute atomic E-state index is 12.0. The third-order valence-corrected chi connectivity index (χ3v) is 5.24. The van der Waals surface area contributed by atoms with Gasteiger partial charge < -0.3 is 14.6 Å². The Kier molecular flexibility index (Phi) is 4.34. The normalized spacial score (nSPS) is 24.4. The van der Waals surface area contributed by atoms with Crippen molar-refractivity contribution in [1.82, 2.24) is 15.2 Å². The highest BCUT2D eigenvalue weighted by Crippen LogP contribution is 2.29. The summed E-state index contributed by atoms with van der Waals surface area (Å²) in [6.07, 6.45) is 4.83. The van der Waals surface area contributed by atoms with Crippen molar-refractivity contribution in [2.24, 2.45) is 11.8 Å². The second kappa shape index (κ2) is 6.77. The first-order chi connectivity index (χ1) is 11.8. The Morgan fingerprint density at radius 1 is 1.25 bits per heavy atom. The lowest BCUT2D eigenvalue weighted by Crippen LogP contribution is -2.51. The average Bonchev–Trinajstić information content (AvgIpc) is 3.10.